The zero-order valence-corrected chi connectivity index (χ0v) is 10.8. The van der Waals surface area contributed by atoms with E-state index in [1.807, 2.05) is 6.92 Å². The van der Waals surface area contributed by atoms with Gasteiger partial charge in [0, 0.05) is 27.2 Å². The minimum atomic E-state index is -0.439. The van der Waals surface area contributed by atoms with Gasteiger partial charge in [-0.2, -0.15) is 0 Å². The van der Waals surface area contributed by atoms with Crippen LogP contribution in [-0.2, 0) is 4.79 Å². The first-order valence-corrected chi connectivity index (χ1v) is 5.94. The number of hydrogen-bond donors (Lipinski definition) is 3. The van der Waals surface area contributed by atoms with E-state index < -0.39 is 5.54 Å². The van der Waals surface area contributed by atoms with Crippen molar-refractivity contribution in [2.45, 2.75) is 25.3 Å². The lowest BCUT2D eigenvalue weighted by molar-refractivity contribution is -0.126. The lowest BCUT2D eigenvalue weighted by Crippen LogP contribution is -2.52. The van der Waals surface area contributed by atoms with Gasteiger partial charge in [0.05, 0.1) is 5.54 Å². The second-order valence-corrected chi connectivity index (χ2v) is 4.74. The number of urea groups is 1. The van der Waals surface area contributed by atoms with Crippen LogP contribution in [0.5, 0.6) is 0 Å². The molecule has 1 atom stereocenters. The maximum atomic E-state index is 11.8. The molecule has 0 bridgehead atoms. The van der Waals surface area contributed by atoms with Crippen molar-refractivity contribution in [3.05, 3.63) is 0 Å². The number of amides is 3. The van der Waals surface area contributed by atoms with Crippen molar-refractivity contribution in [1.29, 1.82) is 0 Å². The molecule has 6 heteroatoms. The molecule has 0 aromatic carbocycles. The molecule has 0 spiro atoms. The van der Waals surface area contributed by atoms with E-state index in [9.17, 15) is 9.59 Å². The van der Waals surface area contributed by atoms with Gasteiger partial charge in [0.25, 0.3) is 0 Å². The Morgan fingerprint density at radius 2 is 1.94 bits per heavy atom. The smallest absolute Gasteiger partial charge is 0.316 e. The van der Waals surface area contributed by atoms with Crippen molar-refractivity contribution in [3.8, 4) is 0 Å². The summed E-state index contributed by atoms with van der Waals surface area (Å²) in [5, 5.41) is 8.71. The fourth-order valence-corrected chi connectivity index (χ4v) is 1.79. The van der Waals surface area contributed by atoms with Crippen molar-refractivity contribution in [2.24, 2.45) is 0 Å². The highest BCUT2D eigenvalue weighted by molar-refractivity contribution is 5.86. The minimum absolute atomic E-state index is 0.00843. The molecule has 1 unspecified atom stereocenters. The van der Waals surface area contributed by atoms with Crippen LogP contribution >= 0.6 is 0 Å². The Labute approximate surface area is 102 Å². The standard InChI is InChI=1S/C11H22N4O2/c1-11(5-4-6-14-11)9(16)12-7-8-13-10(17)15(2)3/h14H,4-8H2,1-3H3,(H,12,16)(H,13,17). The van der Waals surface area contributed by atoms with Gasteiger partial charge in [-0.05, 0) is 26.3 Å². The van der Waals surface area contributed by atoms with Crippen LogP contribution in [0.15, 0.2) is 0 Å². The Morgan fingerprint density at radius 1 is 1.29 bits per heavy atom. The molecule has 17 heavy (non-hydrogen) atoms. The van der Waals surface area contributed by atoms with Gasteiger partial charge in [-0.3, -0.25) is 4.79 Å². The molecule has 0 radical (unpaired) electrons. The van der Waals surface area contributed by atoms with Crippen molar-refractivity contribution < 1.29 is 9.59 Å². The van der Waals surface area contributed by atoms with Crippen LogP contribution in [-0.4, -0.2) is 56.1 Å². The molecule has 6 nitrogen and oxygen atoms in total. The Morgan fingerprint density at radius 3 is 2.47 bits per heavy atom. The second kappa shape index (κ2) is 5.86. The van der Waals surface area contributed by atoms with E-state index in [-0.39, 0.29) is 11.9 Å². The number of carbonyl (C=O) groups excluding carboxylic acids is 2. The quantitative estimate of drug-likeness (QED) is 0.583. The van der Waals surface area contributed by atoms with Gasteiger partial charge in [-0.1, -0.05) is 0 Å². The molecule has 98 valence electrons. The van der Waals surface area contributed by atoms with E-state index in [0.29, 0.717) is 13.1 Å². The van der Waals surface area contributed by atoms with Gasteiger partial charge in [-0.25, -0.2) is 4.79 Å². The molecule has 1 aliphatic heterocycles. The fourth-order valence-electron chi connectivity index (χ4n) is 1.79. The van der Waals surface area contributed by atoms with Gasteiger partial charge in [0.1, 0.15) is 0 Å². The van der Waals surface area contributed by atoms with Crippen LogP contribution < -0.4 is 16.0 Å². The summed E-state index contributed by atoms with van der Waals surface area (Å²) in [4.78, 5) is 24.5. The number of nitrogens with zero attached hydrogens (tertiary/aromatic N) is 1. The largest absolute Gasteiger partial charge is 0.353 e. The zero-order valence-electron chi connectivity index (χ0n) is 10.8. The van der Waals surface area contributed by atoms with Crippen molar-refractivity contribution in [2.75, 3.05) is 33.7 Å². The highest BCUT2D eigenvalue weighted by atomic mass is 16.2. The summed E-state index contributed by atoms with van der Waals surface area (Å²) in [5.74, 6) is 0.00843. The molecule has 3 amide bonds. The summed E-state index contributed by atoms with van der Waals surface area (Å²) in [7, 11) is 3.36. The van der Waals surface area contributed by atoms with Crippen LogP contribution in [0.25, 0.3) is 0 Å². The highest BCUT2D eigenvalue weighted by Gasteiger charge is 2.35. The molecule has 3 N–H and O–H groups in total. The summed E-state index contributed by atoms with van der Waals surface area (Å²) in [6.45, 7) is 3.70. The monoisotopic (exact) mass is 242 g/mol. The average Bonchev–Trinajstić information content (AvgIpc) is 2.72. The van der Waals surface area contributed by atoms with E-state index >= 15 is 0 Å². The summed E-state index contributed by atoms with van der Waals surface area (Å²) in [6.07, 6.45) is 1.89. The maximum absolute atomic E-state index is 11.8. The highest BCUT2D eigenvalue weighted by Crippen LogP contribution is 2.17. The predicted molar refractivity (Wildman–Crippen MR) is 65.7 cm³/mol. The van der Waals surface area contributed by atoms with Crippen LogP contribution in [0.1, 0.15) is 19.8 Å². The number of carbonyl (C=O) groups is 2. The lowest BCUT2D eigenvalue weighted by atomic mass is 9.99. The third-order valence-corrected chi connectivity index (χ3v) is 2.96. The third-order valence-electron chi connectivity index (χ3n) is 2.96. The molecule has 0 aromatic rings. The summed E-state index contributed by atoms with van der Waals surface area (Å²) >= 11 is 0. The molecule has 0 aliphatic carbocycles. The van der Waals surface area contributed by atoms with Gasteiger partial charge in [0.15, 0.2) is 0 Å². The zero-order chi connectivity index (χ0) is 12.9. The van der Waals surface area contributed by atoms with Crippen LogP contribution in [0.2, 0.25) is 0 Å². The first-order valence-electron chi connectivity index (χ1n) is 5.94. The fraction of sp³-hybridized carbons (Fsp3) is 0.818. The molecule has 1 aliphatic rings. The van der Waals surface area contributed by atoms with E-state index in [2.05, 4.69) is 16.0 Å². The first kappa shape index (κ1) is 13.8. The average molecular weight is 242 g/mol. The Hall–Kier alpha value is -1.30. The van der Waals surface area contributed by atoms with Crippen molar-refractivity contribution in [1.82, 2.24) is 20.9 Å². The second-order valence-electron chi connectivity index (χ2n) is 4.74. The van der Waals surface area contributed by atoms with Gasteiger partial charge < -0.3 is 20.9 Å². The maximum Gasteiger partial charge on any atom is 0.316 e. The van der Waals surface area contributed by atoms with E-state index in [4.69, 9.17) is 0 Å². The Kier molecular flexibility index (Phi) is 4.74. The summed E-state index contributed by atoms with van der Waals surface area (Å²) < 4.78 is 0. The van der Waals surface area contributed by atoms with Gasteiger partial charge >= 0.3 is 6.03 Å². The molecule has 0 saturated carbocycles. The Balaban J connectivity index is 2.18. The molecule has 1 rings (SSSR count). The van der Waals surface area contributed by atoms with Crippen LogP contribution in [0.4, 0.5) is 4.79 Å². The predicted octanol–water partition coefficient (Wildman–Crippen LogP) is -0.484. The van der Waals surface area contributed by atoms with E-state index in [1.54, 1.807) is 14.1 Å². The van der Waals surface area contributed by atoms with Gasteiger partial charge in [0.2, 0.25) is 5.91 Å². The summed E-state index contributed by atoms with van der Waals surface area (Å²) in [6, 6.07) is -0.149. The first-order chi connectivity index (χ1) is 7.96. The number of hydrogen-bond acceptors (Lipinski definition) is 3. The third kappa shape index (κ3) is 3.89. The topological polar surface area (TPSA) is 73.5 Å². The van der Waals surface area contributed by atoms with Crippen LogP contribution in [0.3, 0.4) is 0 Å². The lowest BCUT2D eigenvalue weighted by Gasteiger charge is -2.23. The normalized spacial score (nSPS) is 23.2. The number of rotatable bonds is 4. The van der Waals surface area contributed by atoms with Crippen LogP contribution in [0, 0.1) is 0 Å². The Bertz CT molecular complexity index is 285. The molecular weight excluding hydrogens is 220 g/mol. The molecule has 1 saturated heterocycles. The minimum Gasteiger partial charge on any atom is -0.353 e. The summed E-state index contributed by atoms with van der Waals surface area (Å²) in [5.41, 5.74) is -0.439. The number of nitrogens with one attached hydrogen (secondary N) is 3. The SMILES string of the molecule is CN(C)C(=O)NCCNC(=O)C1(C)CCCN1. The van der Waals surface area contributed by atoms with Crippen molar-refractivity contribution in [3.63, 3.8) is 0 Å². The molecule has 0 aromatic heterocycles. The molecule has 1 fully saturated rings. The van der Waals surface area contributed by atoms with E-state index in [1.165, 1.54) is 4.90 Å². The molecule has 1 heterocycles. The van der Waals surface area contributed by atoms with Gasteiger partial charge in [-0.15, -0.1) is 0 Å². The van der Waals surface area contributed by atoms with Crippen molar-refractivity contribution >= 4 is 11.9 Å². The molecular formula is C11H22N4O2. The van der Waals surface area contributed by atoms with E-state index in [0.717, 1.165) is 19.4 Å².